The molecule has 0 bridgehead atoms. The third-order valence-electron chi connectivity index (χ3n) is 5.07. The van der Waals surface area contributed by atoms with E-state index in [0.717, 1.165) is 31.9 Å². The minimum atomic E-state index is -4.27. The highest BCUT2D eigenvalue weighted by Gasteiger charge is 2.27. The van der Waals surface area contributed by atoms with Crippen LogP contribution in [0.25, 0.3) is 0 Å². The smallest absolute Gasteiger partial charge is 0.369 e. The maximum absolute atomic E-state index is 12.6. The van der Waals surface area contributed by atoms with E-state index in [0.29, 0.717) is 34.0 Å². The van der Waals surface area contributed by atoms with Crippen molar-refractivity contribution in [1.29, 1.82) is 0 Å². The summed E-state index contributed by atoms with van der Waals surface area (Å²) in [5.41, 5.74) is 1.91. The molecule has 2 aromatic rings. The molecule has 8 heteroatoms. The van der Waals surface area contributed by atoms with Gasteiger partial charge in [0.25, 0.3) is 5.91 Å². The lowest BCUT2D eigenvalue weighted by molar-refractivity contribution is -0.105. The first-order chi connectivity index (χ1) is 14.2. The lowest BCUT2D eigenvalue weighted by atomic mass is 10.1. The lowest BCUT2D eigenvalue weighted by Crippen LogP contribution is -2.48. The Morgan fingerprint density at radius 2 is 1.67 bits per heavy atom. The van der Waals surface area contributed by atoms with Crippen LogP contribution >= 0.6 is 11.8 Å². The second-order valence-corrected chi connectivity index (χ2v) is 8.53. The van der Waals surface area contributed by atoms with Gasteiger partial charge in [0.05, 0.1) is 11.4 Å². The third kappa shape index (κ3) is 6.15. The second-order valence-electron chi connectivity index (χ2n) is 7.52. The molecule has 1 amide bonds. The van der Waals surface area contributed by atoms with Gasteiger partial charge in [0, 0.05) is 48.4 Å². The van der Waals surface area contributed by atoms with Gasteiger partial charge in [-0.3, -0.25) is 9.69 Å². The van der Waals surface area contributed by atoms with E-state index in [1.807, 2.05) is 12.1 Å². The van der Waals surface area contributed by atoms with Gasteiger partial charge in [-0.2, -0.15) is 13.2 Å². The van der Waals surface area contributed by atoms with Crippen molar-refractivity contribution < 1.29 is 18.0 Å². The predicted octanol–water partition coefficient (Wildman–Crippen LogP) is 5.12. The van der Waals surface area contributed by atoms with Crippen LogP contribution in [0.4, 0.5) is 24.5 Å². The van der Waals surface area contributed by atoms with Gasteiger partial charge in [0.1, 0.15) is 0 Å². The monoisotopic (exact) mass is 437 g/mol. The summed E-state index contributed by atoms with van der Waals surface area (Å²) in [5.74, 6) is -1.34. The Balaban J connectivity index is 1.62. The van der Waals surface area contributed by atoms with Crippen LogP contribution in [0.2, 0.25) is 0 Å². The first kappa shape index (κ1) is 22.5. The van der Waals surface area contributed by atoms with Crippen LogP contribution in [-0.4, -0.2) is 55.0 Å². The number of anilines is 2. The highest BCUT2D eigenvalue weighted by molar-refractivity contribution is 7.99. The molecular weight excluding hydrogens is 411 g/mol. The number of nitrogens with zero attached hydrogens (tertiary/aromatic N) is 2. The zero-order valence-electron chi connectivity index (χ0n) is 17.1. The molecule has 0 aromatic heterocycles. The standard InChI is InChI=1S/C22H26F3N3OS/c1-16(2)27-11-13-28(14-12-27)18-9-7-17(8-10-18)21(29)26-19-5-3-4-6-20(19)30-15-22(23,24)25/h3-10,16H,11-15H2,1-2H3,(H,26,29). The van der Waals surface area contributed by atoms with Crippen molar-refractivity contribution in [3.8, 4) is 0 Å². The zero-order valence-corrected chi connectivity index (χ0v) is 17.9. The Labute approximate surface area is 179 Å². The van der Waals surface area contributed by atoms with Crippen LogP contribution in [0.5, 0.6) is 0 Å². The van der Waals surface area contributed by atoms with E-state index in [2.05, 4.69) is 29.0 Å². The van der Waals surface area contributed by atoms with Crippen molar-refractivity contribution >= 4 is 29.0 Å². The molecule has 1 fully saturated rings. The summed E-state index contributed by atoms with van der Waals surface area (Å²) in [6.07, 6.45) is -4.27. The van der Waals surface area contributed by atoms with Gasteiger partial charge in [-0.15, -0.1) is 11.8 Å². The molecule has 1 aliphatic heterocycles. The molecule has 0 spiro atoms. The van der Waals surface area contributed by atoms with Gasteiger partial charge in [-0.25, -0.2) is 0 Å². The van der Waals surface area contributed by atoms with Crippen LogP contribution in [-0.2, 0) is 0 Å². The lowest BCUT2D eigenvalue weighted by Gasteiger charge is -2.38. The number of piperazine rings is 1. The highest BCUT2D eigenvalue weighted by atomic mass is 32.2. The molecule has 1 N–H and O–H groups in total. The van der Waals surface area contributed by atoms with Gasteiger partial charge >= 0.3 is 6.18 Å². The Morgan fingerprint density at radius 3 is 2.27 bits per heavy atom. The summed E-state index contributed by atoms with van der Waals surface area (Å²) in [7, 11) is 0. The third-order valence-corrected chi connectivity index (χ3v) is 6.20. The van der Waals surface area contributed by atoms with Crippen LogP contribution in [0.15, 0.2) is 53.4 Å². The molecule has 162 valence electrons. The van der Waals surface area contributed by atoms with Crippen LogP contribution < -0.4 is 10.2 Å². The number of carbonyl (C=O) groups excluding carboxylic acids is 1. The Morgan fingerprint density at radius 1 is 1.03 bits per heavy atom. The summed E-state index contributed by atoms with van der Waals surface area (Å²) < 4.78 is 37.6. The Bertz CT molecular complexity index is 847. The molecule has 0 unspecified atom stereocenters. The quantitative estimate of drug-likeness (QED) is 0.636. The number of halogens is 3. The van der Waals surface area contributed by atoms with E-state index in [9.17, 15) is 18.0 Å². The molecule has 2 aromatic carbocycles. The van der Waals surface area contributed by atoms with Gasteiger partial charge in [-0.1, -0.05) is 12.1 Å². The van der Waals surface area contributed by atoms with Crippen LogP contribution in [0.3, 0.4) is 0 Å². The molecule has 0 saturated carbocycles. The molecule has 1 saturated heterocycles. The number of hydrogen-bond acceptors (Lipinski definition) is 4. The normalized spacial score (nSPS) is 15.5. The first-order valence-corrected chi connectivity index (χ1v) is 10.9. The van der Waals surface area contributed by atoms with Gasteiger partial charge in [0.15, 0.2) is 0 Å². The summed E-state index contributed by atoms with van der Waals surface area (Å²) in [6.45, 7) is 8.28. The molecule has 0 aliphatic carbocycles. The molecule has 4 nitrogen and oxygen atoms in total. The van der Waals surface area contributed by atoms with Crippen molar-refractivity contribution in [2.75, 3.05) is 42.1 Å². The van der Waals surface area contributed by atoms with Crippen LogP contribution in [0.1, 0.15) is 24.2 Å². The average Bonchev–Trinajstić information content (AvgIpc) is 2.72. The minimum Gasteiger partial charge on any atom is -0.369 e. The van der Waals surface area contributed by atoms with Gasteiger partial charge < -0.3 is 10.2 Å². The predicted molar refractivity (Wildman–Crippen MR) is 117 cm³/mol. The molecule has 0 atom stereocenters. The van der Waals surface area contributed by atoms with E-state index in [4.69, 9.17) is 0 Å². The fraction of sp³-hybridized carbons (Fsp3) is 0.409. The number of alkyl halides is 3. The zero-order chi connectivity index (χ0) is 21.7. The van der Waals surface area contributed by atoms with E-state index in [-0.39, 0.29) is 5.91 Å². The van der Waals surface area contributed by atoms with Crippen molar-refractivity contribution in [1.82, 2.24) is 4.90 Å². The number of benzene rings is 2. The van der Waals surface area contributed by atoms with Gasteiger partial charge in [-0.05, 0) is 50.2 Å². The Hall–Kier alpha value is -2.19. The van der Waals surface area contributed by atoms with Gasteiger partial charge in [0.2, 0.25) is 0 Å². The summed E-state index contributed by atoms with van der Waals surface area (Å²) in [4.78, 5) is 17.7. The second kappa shape index (κ2) is 9.75. The molecule has 1 heterocycles. The van der Waals surface area contributed by atoms with E-state index < -0.39 is 11.9 Å². The molecule has 30 heavy (non-hydrogen) atoms. The topological polar surface area (TPSA) is 35.6 Å². The summed E-state index contributed by atoms with van der Waals surface area (Å²) in [6, 6.07) is 14.4. The largest absolute Gasteiger partial charge is 0.398 e. The number of amides is 1. The number of hydrogen-bond donors (Lipinski definition) is 1. The highest BCUT2D eigenvalue weighted by Crippen LogP contribution is 2.32. The fourth-order valence-corrected chi connectivity index (χ4v) is 4.14. The van der Waals surface area contributed by atoms with E-state index in [1.165, 1.54) is 0 Å². The fourth-order valence-electron chi connectivity index (χ4n) is 3.37. The van der Waals surface area contributed by atoms with Crippen molar-refractivity contribution in [3.63, 3.8) is 0 Å². The maximum atomic E-state index is 12.6. The number of carbonyl (C=O) groups is 1. The molecular formula is C22H26F3N3OS. The SMILES string of the molecule is CC(C)N1CCN(c2ccc(C(=O)Nc3ccccc3SCC(F)(F)F)cc2)CC1. The number of thioether (sulfide) groups is 1. The average molecular weight is 438 g/mol. The van der Waals surface area contributed by atoms with Crippen LogP contribution in [0, 0.1) is 0 Å². The summed E-state index contributed by atoms with van der Waals surface area (Å²) in [5, 5.41) is 2.73. The van der Waals surface area contributed by atoms with Crippen molar-refractivity contribution in [2.24, 2.45) is 0 Å². The molecule has 0 radical (unpaired) electrons. The minimum absolute atomic E-state index is 0.341. The van der Waals surface area contributed by atoms with E-state index >= 15 is 0 Å². The van der Waals surface area contributed by atoms with E-state index in [1.54, 1.807) is 36.4 Å². The molecule has 1 aliphatic rings. The number of para-hydroxylation sites is 1. The van der Waals surface area contributed by atoms with Crippen molar-refractivity contribution in [2.45, 2.75) is 31.0 Å². The summed E-state index contributed by atoms with van der Waals surface area (Å²) >= 11 is 0.664. The maximum Gasteiger partial charge on any atom is 0.398 e. The first-order valence-electron chi connectivity index (χ1n) is 9.92. The molecule has 3 rings (SSSR count). The number of nitrogens with one attached hydrogen (secondary N) is 1. The van der Waals surface area contributed by atoms with Crippen molar-refractivity contribution in [3.05, 3.63) is 54.1 Å². The number of rotatable bonds is 6. The Kier molecular flexibility index (Phi) is 7.31.